The van der Waals surface area contributed by atoms with Gasteiger partial charge >= 0.3 is 0 Å². The summed E-state index contributed by atoms with van der Waals surface area (Å²) in [4.78, 5) is 27.5. The number of ether oxygens (including phenoxy) is 2. The number of amides is 2. The number of hydrazone groups is 1. The molecule has 2 heterocycles. The van der Waals surface area contributed by atoms with E-state index >= 15 is 0 Å². The summed E-state index contributed by atoms with van der Waals surface area (Å²) in [6.07, 6.45) is 2.12. The Hall–Kier alpha value is -2.48. The Morgan fingerprint density at radius 3 is 2.82 bits per heavy atom. The third-order valence-corrected chi connectivity index (χ3v) is 3.00. The number of hydrogen-bond donors (Lipinski definition) is 1. The van der Waals surface area contributed by atoms with Gasteiger partial charge in [0.2, 0.25) is 11.8 Å². The highest BCUT2D eigenvalue weighted by molar-refractivity contribution is 6.43. The maximum atomic E-state index is 12.1. The minimum absolute atomic E-state index is 0.101. The van der Waals surface area contributed by atoms with Gasteiger partial charge in [-0.1, -0.05) is 0 Å². The van der Waals surface area contributed by atoms with Crippen molar-refractivity contribution in [1.29, 1.82) is 0 Å². The molecule has 0 saturated carbocycles. The zero-order valence-electron chi connectivity index (χ0n) is 12.5. The van der Waals surface area contributed by atoms with Gasteiger partial charge in [-0.15, -0.1) is 0 Å². The molecule has 8 heteroatoms. The number of rotatable bonds is 6. The summed E-state index contributed by atoms with van der Waals surface area (Å²) >= 11 is 0. The second kappa shape index (κ2) is 7.51. The fraction of sp³-hybridized carbons (Fsp3) is 0.429. The van der Waals surface area contributed by atoms with E-state index in [9.17, 15) is 9.59 Å². The van der Waals surface area contributed by atoms with Crippen molar-refractivity contribution in [2.24, 2.45) is 5.10 Å². The van der Waals surface area contributed by atoms with Gasteiger partial charge in [-0.05, 0) is 6.07 Å². The van der Waals surface area contributed by atoms with Gasteiger partial charge in [0.1, 0.15) is 12.3 Å². The van der Waals surface area contributed by atoms with Gasteiger partial charge in [-0.3, -0.25) is 9.59 Å². The monoisotopic (exact) mass is 306 g/mol. The third kappa shape index (κ3) is 4.26. The first-order valence-corrected chi connectivity index (χ1v) is 6.83. The number of hydrogen-bond acceptors (Lipinski definition) is 6. The Morgan fingerprint density at radius 2 is 2.18 bits per heavy atom. The number of methoxy groups -OCH3 is 1. The summed E-state index contributed by atoms with van der Waals surface area (Å²) in [5, 5.41) is 7.83. The van der Waals surface area contributed by atoms with Gasteiger partial charge in [0.05, 0.1) is 18.5 Å². The quantitative estimate of drug-likeness (QED) is 0.779. The summed E-state index contributed by atoms with van der Waals surface area (Å²) in [7, 11) is 3.12. The number of anilines is 1. The number of carbonyl (C=O) groups is 2. The van der Waals surface area contributed by atoms with Gasteiger partial charge in [0.15, 0.2) is 0 Å². The van der Waals surface area contributed by atoms with E-state index in [0.29, 0.717) is 36.9 Å². The summed E-state index contributed by atoms with van der Waals surface area (Å²) in [5.41, 5.74) is 0.855. The second-order valence-corrected chi connectivity index (χ2v) is 4.64. The summed E-state index contributed by atoms with van der Waals surface area (Å²) < 4.78 is 10.2. The molecule has 0 spiro atoms. The Labute approximate surface area is 128 Å². The maximum absolute atomic E-state index is 12.1. The molecule has 2 amide bonds. The van der Waals surface area contributed by atoms with Crippen LogP contribution in [0.2, 0.25) is 0 Å². The van der Waals surface area contributed by atoms with Crippen LogP contribution < -0.4 is 10.1 Å². The molecule has 0 saturated heterocycles. The summed E-state index contributed by atoms with van der Waals surface area (Å²) in [6.45, 7) is 0.888. The van der Waals surface area contributed by atoms with Crippen molar-refractivity contribution in [3.63, 3.8) is 0 Å². The fourth-order valence-corrected chi connectivity index (χ4v) is 1.81. The standard InChI is InChI=1S/C14H18N4O4/c1-18-13(19)6-4-11(17-18)14(20)16-10-3-5-12(15-9-10)22-8-7-21-2/h3,5,9H,4,6-8H2,1-2H3,(H,16,20). The molecular weight excluding hydrogens is 288 g/mol. The van der Waals surface area contributed by atoms with Crippen molar-refractivity contribution in [2.75, 3.05) is 32.7 Å². The number of nitrogens with one attached hydrogen (secondary N) is 1. The highest BCUT2D eigenvalue weighted by Gasteiger charge is 2.21. The van der Waals surface area contributed by atoms with Crippen molar-refractivity contribution in [1.82, 2.24) is 9.99 Å². The summed E-state index contributed by atoms with van der Waals surface area (Å²) in [6, 6.07) is 3.34. The number of aromatic nitrogens is 1. The zero-order chi connectivity index (χ0) is 15.9. The van der Waals surface area contributed by atoms with Crippen LogP contribution >= 0.6 is 0 Å². The van der Waals surface area contributed by atoms with Crippen LogP contribution in [0.5, 0.6) is 5.88 Å². The molecule has 22 heavy (non-hydrogen) atoms. The predicted octanol–water partition coefficient (Wildman–Crippen LogP) is 0.653. The molecule has 2 rings (SSSR count). The molecule has 1 aliphatic heterocycles. The van der Waals surface area contributed by atoms with Gasteiger partial charge < -0.3 is 14.8 Å². The van der Waals surface area contributed by atoms with Crippen molar-refractivity contribution in [3.05, 3.63) is 18.3 Å². The van der Waals surface area contributed by atoms with Gasteiger partial charge in [0.25, 0.3) is 5.91 Å². The van der Waals surface area contributed by atoms with Crippen molar-refractivity contribution in [2.45, 2.75) is 12.8 Å². The SMILES string of the molecule is COCCOc1ccc(NC(=O)C2=NN(C)C(=O)CC2)cn1. The van der Waals surface area contributed by atoms with E-state index in [4.69, 9.17) is 9.47 Å². The molecule has 0 unspecified atom stereocenters. The number of pyridine rings is 1. The Balaban J connectivity index is 1.92. The Bertz CT molecular complexity index is 571. The van der Waals surface area contributed by atoms with E-state index in [1.807, 2.05) is 0 Å². The topological polar surface area (TPSA) is 93.1 Å². The molecular formula is C14H18N4O4. The van der Waals surface area contributed by atoms with Crippen LogP contribution in [-0.4, -0.2) is 54.9 Å². The fourth-order valence-electron chi connectivity index (χ4n) is 1.81. The molecule has 0 fully saturated rings. The smallest absolute Gasteiger partial charge is 0.271 e. The van der Waals surface area contributed by atoms with E-state index in [2.05, 4.69) is 15.4 Å². The molecule has 8 nitrogen and oxygen atoms in total. The minimum Gasteiger partial charge on any atom is -0.475 e. The molecule has 1 N–H and O–H groups in total. The van der Waals surface area contributed by atoms with Gasteiger partial charge in [-0.25, -0.2) is 9.99 Å². The molecule has 0 bridgehead atoms. The van der Waals surface area contributed by atoms with Crippen LogP contribution in [0.1, 0.15) is 12.8 Å². The second-order valence-electron chi connectivity index (χ2n) is 4.64. The van der Waals surface area contributed by atoms with Crippen molar-refractivity contribution in [3.8, 4) is 5.88 Å². The highest BCUT2D eigenvalue weighted by atomic mass is 16.5. The van der Waals surface area contributed by atoms with Crippen LogP contribution in [-0.2, 0) is 14.3 Å². The molecule has 1 aromatic rings. The number of nitrogens with zero attached hydrogens (tertiary/aromatic N) is 3. The van der Waals surface area contributed by atoms with Crippen LogP contribution in [0.25, 0.3) is 0 Å². The lowest BCUT2D eigenvalue weighted by molar-refractivity contribution is -0.130. The van der Waals surface area contributed by atoms with Gasteiger partial charge in [-0.2, -0.15) is 5.10 Å². The van der Waals surface area contributed by atoms with Crippen LogP contribution in [0.15, 0.2) is 23.4 Å². The largest absolute Gasteiger partial charge is 0.475 e. The molecule has 0 radical (unpaired) electrons. The van der Waals surface area contributed by atoms with Crippen molar-refractivity contribution >= 4 is 23.2 Å². The number of carbonyl (C=O) groups excluding carboxylic acids is 2. The molecule has 0 atom stereocenters. The lowest BCUT2D eigenvalue weighted by Gasteiger charge is -2.18. The summed E-state index contributed by atoms with van der Waals surface area (Å²) in [5.74, 6) is 0.0142. The third-order valence-electron chi connectivity index (χ3n) is 3.00. The van der Waals surface area contributed by atoms with Gasteiger partial charge in [0, 0.05) is 33.1 Å². The van der Waals surface area contributed by atoms with Crippen LogP contribution in [0, 0.1) is 0 Å². The molecule has 1 aromatic heterocycles. The van der Waals surface area contributed by atoms with E-state index in [1.165, 1.54) is 18.3 Å². The average Bonchev–Trinajstić information content (AvgIpc) is 2.52. The maximum Gasteiger partial charge on any atom is 0.271 e. The van der Waals surface area contributed by atoms with Crippen molar-refractivity contribution < 1.29 is 19.1 Å². The van der Waals surface area contributed by atoms with E-state index in [1.54, 1.807) is 19.2 Å². The first-order valence-electron chi connectivity index (χ1n) is 6.83. The lowest BCUT2D eigenvalue weighted by Crippen LogP contribution is -2.34. The molecule has 0 aromatic carbocycles. The van der Waals surface area contributed by atoms with E-state index in [0.717, 1.165) is 0 Å². The predicted molar refractivity (Wildman–Crippen MR) is 79.7 cm³/mol. The van der Waals surface area contributed by atoms with Crippen LogP contribution in [0.3, 0.4) is 0 Å². The minimum atomic E-state index is -0.339. The zero-order valence-corrected chi connectivity index (χ0v) is 12.5. The Morgan fingerprint density at radius 1 is 1.36 bits per heavy atom. The normalized spacial score (nSPS) is 14.5. The lowest BCUT2D eigenvalue weighted by atomic mass is 10.1. The van der Waals surface area contributed by atoms with Crippen LogP contribution in [0.4, 0.5) is 5.69 Å². The molecule has 1 aliphatic rings. The molecule has 0 aliphatic carbocycles. The average molecular weight is 306 g/mol. The first kappa shape index (κ1) is 15.9. The Kier molecular flexibility index (Phi) is 5.42. The van der Waals surface area contributed by atoms with E-state index < -0.39 is 0 Å². The van der Waals surface area contributed by atoms with E-state index in [-0.39, 0.29) is 18.2 Å². The first-order chi connectivity index (χ1) is 10.6. The molecule has 118 valence electrons. The highest BCUT2D eigenvalue weighted by Crippen LogP contribution is 2.13.